The van der Waals surface area contributed by atoms with Crippen LogP contribution in [0.4, 0.5) is 0 Å². The van der Waals surface area contributed by atoms with Crippen LogP contribution in [0.15, 0.2) is 36.7 Å². The van der Waals surface area contributed by atoms with Gasteiger partial charge in [0, 0.05) is 12.0 Å². The van der Waals surface area contributed by atoms with Crippen LogP contribution in [0.5, 0.6) is 0 Å². The van der Waals surface area contributed by atoms with Crippen molar-refractivity contribution in [3.8, 4) is 23.5 Å². The molecule has 1 aromatic heterocycles. The summed E-state index contributed by atoms with van der Waals surface area (Å²) in [4.78, 5) is 4.23. The van der Waals surface area contributed by atoms with Gasteiger partial charge in [0.15, 0.2) is 5.82 Å². The van der Waals surface area contributed by atoms with Crippen molar-refractivity contribution in [2.75, 3.05) is 0 Å². The van der Waals surface area contributed by atoms with Crippen molar-refractivity contribution >= 4 is 0 Å². The minimum atomic E-state index is -0.204. The van der Waals surface area contributed by atoms with Gasteiger partial charge in [-0.3, -0.25) is 4.68 Å². The first kappa shape index (κ1) is 12.8. The maximum atomic E-state index is 9.02. The summed E-state index contributed by atoms with van der Waals surface area (Å²) < 4.78 is 1.66. The van der Waals surface area contributed by atoms with Gasteiger partial charge in [-0.15, -0.1) is 0 Å². The average molecular weight is 251 g/mol. The lowest BCUT2D eigenvalue weighted by molar-refractivity contribution is 0.476. The first-order valence-corrected chi connectivity index (χ1v) is 6.05. The third kappa shape index (κ3) is 3.40. The van der Waals surface area contributed by atoms with Crippen molar-refractivity contribution in [3.63, 3.8) is 0 Å². The lowest BCUT2D eigenvalue weighted by Crippen LogP contribution is -2.09. The van der Waals surface area contributed by atoms with Gasteiger partial charge in [-0.1, -0.05) is 30.3 Å². The summed E-state index contributed by atoms with van der Waals surface area (Å²) in [5.74, 6) is 0.447. The fraction of sp³-hybridized carbons (Fsp3) is 0.286. The van der Waals surface area contributed by atoms with Crippen LogP contribution in [0, 0.1) is 28.6 Å². The summed E-state index contributed by atoms with van der Waals surface area (Å²) in [5.41, 5.74) is 0.951. The van der Waals surface area contributed by atoms with Crippen molar-refractivity contribution in [2.24, 2.45) is 5.92 Å². The third-order valence-corrected chi connectivity index (χ3v) is 2.76. The zero-order valence-corrected chi connectivity index (χ0v) is 10.4. The van der Waals surface area contributed by atoms with Crippen molar-refractivity contribution in [1.29, 1.82) is 10.5 Å². The van der Waals surface area contributed by atoms with Gasteiger partial charge in [0.25, 0.3) is 0 Å². The molecule has 0 spiro atoms. The molecule has 1 heterocycles. The van der Waals surface area contributed by atoms with Gasteiger partial charge in [0.05, 0.1) is 24.6 Å². The van der Waals surface area contributed by atoms with Crippen LogP contribution in [0.2, 0.25) is 0 Å². The van der Waals surface area contributed by atoms with E-state index < -0.39 is 0 Å². The highest BCUT2D eigenvalue weighted by atomic mass is 15.3. The van der Waals surface area contributed by atoms with E-state index >= 15 is 0 Å². The number of nitriles is 2. The maximum Gasteiger partial charge on any atom is 0.181 e. The van der Waals surface area contributed by atoms with Gasteiger partial charge in [0.1, 0.15) is 6.33 Å². The van der Waals surface area contributed by atoms with E-state index in [4.69, 9.17) is 10.5 Å². The Balaban J connectivity index is 2.06. The predicted octanol–water partition coefficient (Wildman–Crippen LogP) is 2.39. The molecule has 0 unspecified atom stereocenters. The number of benzene rings is 1. The molecule has 1 aromatic carbocycles. The summed E-state index contributed by atoms with van der Waals surface area (Å²) >= 11 is 0. The molecular weight excluding hydrogens is 238 g/mol. The fourth-order valence-electron chi connectivity index (χ4n) is 1.76. The first-order valence-electron chi connectivity index (χ1n) is 6.05. The Kier molecular flexibility index (Phi) is 4.25. The molecule has 0 bridgehead atoms. The third-order valence-electron chi connectivity index (χ3n) is 2.76. The molecule has 5 heteroatoms. The lowest BCUT2D eigenvalue weighted by Gasteiger charge is -2.05. The Morgan fingerprint density at radius 1 is 1.21 bits per heavy atom. The van der Waals surface area contributed by atoms with Crippen molar-refractivity contribution in [1.82, 2.24) is 14.8 Å². The minimum Gasteiger partial charge on any atom is -0.251 e. The van der Waals surface area contributed by atoms with Gasteiger partial charge in [-0.2, -0.15) is 15.6 Å². The van der Waals surface area contributed by atoms with Crippen molar-refractivity contribution in [2.45, 2.75) is 19.4 Å². The number of hydrogen-bond acceptors (Lipinski definition) is 4. The second-order valence-electron chi connectivity index (χ2n) is 4.18. The van der Waals surface area contributed by atoms with E-state index in [2.05, 4.69) is 22.2 Å². The quantitative estimate of drug-likeness (QED) is 0.817. The molecule has 94 valence electrons. The minimum absolute atomic E-state index is 0.204. The zero-order valence-electron chi connectivity index (χ0n) is 10.4. The van der Waals surface area contributed by atoms with E-state index in [-0.39, 0.29) is 5.92 Å². The molecule has 0 saturated carbocycles. The van der Waals surface area contributed by atoms with Crippen LogP contribution < -0.4 is 0 Å². The summed E-state index contributed by atoms with van der Waals surface area (Å²) in [6, 6.07) is 13.9. The van der Waals surface area contributed by atoms with Gasteiger partial charge < -0.3 is 0 Å². The fourth-order valence-corrected chi connectivity index (χ4v) is 1.76. The Bertz CT molecular complexity index is 603. The molecule has 5 nitrogen and oxygen atoms in total. The van der Waals surface area contributed by atoms with E-state index in [1.54, 1.807) is 11.0 Å². The van der Waals surface area contributed by atoms with Crippen molar-refractivity contribution in [3.05, 3.63) is 36.7 Å². The number of nitrogens with zero attached hydrogens (tertiary/aromatic N) is 5. The van der Waals surface area contributed by atoms with Gasteiger partial charge in [0.2, 0.25) is 0 Å². The van der Waals surface area contributed by atoms with Crippen LogP contribution in [0.3, 0.4) is 0 Å². The second-order valence-corrected chi connectivity index (χ2v) is 4.18. The standard InChI is InChI=1S/C14H13N5/c15-8-4-5-12(9-16)10-19-11-17-14(18-19)13-6-2-1-3-7-13/h1-3,6-7,11-12H,4-5,10H2/t12-/m1/s1. The molecule has 0 N–H and O–H groups in total. The Morgan fingerprint density at radius 3 is 2.68 bits per heavy atom. The highest BCUT2D eigenvalue weighted by Crippen LogP contribution is 2.14. The number of hydrogen-bond donors (Lipinski definition) is 0. The molecule has 0 aliphatic carbocycles. The van der Waals surface area contributed by atoms with E-state index in [0.29, 0.717) is 25.2 Å². The highest BCUT2D eigenvalue weighted by Gasteiger charge is 2.10. The molecule has 0 amide bonds. The SMILES string of the molecule is N#CCC[C@H](C#N)Cn1cnc(-c2ccccc2)n1. The second kappa shape index (κ2) is 6.32. The Hall–Kier alpha value is -2.66. The van der Waals surface area contributed by atoms with Gasteiger partial charge in [-0.25, -0.2) is 4.98 Å². The van der Waals surface area contributed by atoms with E-state index in [0.717, 1.165) is 5.56 Å². The highest BCUT2D eigenvalue weighted by molar-refractivity contribution is 5.53. The van der Waals surface area contributed by atoms with E-state index in [1.165, 1.54) is 0 Å². The van der Waals surface area contributed by atoms with E-state index in [9.17, 15) is 0 Å². The molecule has 0 aliphatic heterocycles. The molecular formula is C14H13N5. The van der Waals surface area contributed by atoms with Crippen LogP contribution in [0.25, 0.3) is 11.4 Å². The number of rotatable bonds is 5. The maximum absolute atomic E-state index is 9.02. The predicted molar refractivity (Wildman–Crippen MR) is 69.4 cm³/mol. The monoisotopic (exact) mass is 251 g/mol. The molecule has 0 aliphatic rings. The van der Waals surface area contributed by atoms with Crippen molar-refractivity contribution < 1.29 is 0 Å². The largest absolute Gasteiger partial charge is 0.251 e. The zero-order chi connectivity index (χ0) is 13.5. The molecule has 19 heavy (non-hydrogen) atoms. The van der Waals surface area contributed by atoms with E-state index in [1.807, 2.05) is 30.3 Å². The lowest BCUT2D eigenvalue weighted by atomic mass is 10.1. The molecule has 1 atom stereocenters. The molecule has 0 saturated heterocycles. The summed E-state index contributed by atoms with van der Waals surface area (Å²) in [7, 11) is 0. The van der Waals surface area contributed by atoms with Crippen LogP contribution in [-0.2, 0) is 6.54 Å². The van der Waals surface area contributed by atoms with Gasteiger partial charge in [-0.05, 0) is 6.42 Å². The van der Waals surface area contributed by atoms with Crippen LogP contribution in [-0.4, -0.2) is 14.8 Å². The molecule has 0 radical (unpaired) electrons. The molecule has 2 aromatic rings. The Labute approximate surface area is 111 Å². The van der Waals surface area contributed by atoms with Crippen LogP contribution in [0.1, 0.15) is 12.8 Å². The molecule has 0 fully saturated rings. The topological polar surface area (TPSA) is 78.3 Å². The first-order chi connectivity index (χ1) is 9.33. The summed E-state index contributed by atoms with van der Waals surface area (Å²) in [5, 5.41) is 21.9. The number of aromatic nitrogens is 3. The van der Waals surface area contributed by atoms with Crippen LogP contribution >= 0.6 is 0 Å². The smallest absolute Gasteiger partial charge is 0.181 e. The average Bonchev–Trinajstić information content (AvgIpc) is 2.93. The summed E-state index contributed by atoms with van der Waals surface area (Å²) in [6.45, 7) is 0.470. The normalized spacial score (nSPS) is 11.5. The Morgan fingerprint density at radius 2 is 2.00 bits per heavy atom. The molecule has 2 rings (SSSR count). The summed E-state index contributed by atoms with van der Waals surface area (Å²) in [6.07, 6.45) is 2.57. The van der Waals surface area contributed by atoms with Gasteiger partial charge >= 0.3 is 0 Å².